The standard InChI is InChI=1S/C23H25FN6O4S/c1-3-34-29-23(31)18-13-26-22(27-17-9-16(24)11-25-12-17)10-20(18)28-19-7-6-15(14-4-5-14)8-21(19)30-35(2,32)33/h6-14,30H,3-5H2,1-2H3,(H,29,31)(H2,26,27,28). The molecule has 1 fully saturated rings. The summed E-state index contributed by atoms with van der Waals surface area (Å²) in [4.78, 5) is 25.7. The summed E-state index contributed by atoms with van der Waals surface area (Å²) in [7, 11) is -3.56. The largest absolute Gasteiger partial charge is 0.353 e. The first kappa shape index (κ1) is 24.4. The van der Waals surface area contributed by atoms with Crippen LogP contribution in [0.3, 0.4) is 0 Å². The Bertz CT molecular complexity index is 1350. The maximum Gasteiger partial charge on any atom is 0.278 e. The third kappa shape index (κ3) is 6.64. The highest BCUT2D eigenvalue weighted by Gasteiger charge is 2.25. The average molecular weight is 501 g/mol. The molecule has 4 rings (SSSR count). The second-order valence-corrected chi connectivity index (χ2v) is 9.82. The van der Waals surface area contributed by atoms with Gasteiger partial charge >= 0.3 is 0 Å². The van der Waals surface area contributed by atoms with E-state index < -0.39 is 21.7 Å². The molecule has 0 radical (unpaired) electrons. The highest BCUT2D eigenvalue weighted by atomic mass is 32.2. The molecule has 0 bridgehead atoms. The van der Waals surface area contributed by atoms with Crippen LogP contribution in [0.25, 0.3) is 0 Å². The number of halogens is 1. The molecular formula is C23H25FN6O4S. The highest BCUT2D eigenvalue weighted by molar-refractivity contribution is 7.92. The van der Waals surface area contributed by atoms with Gasteiger partial charge in [-0.1, -0.05) is 6.07 Å². The van der Waals surface area contributed by atoms with Crippen molar-refractivity contribution >= 4 is 44.5 Å². The van der Waals surface area contributed by atoms with Crippen molar-refractivity contribution < 1.29 is 22.4 Å². The van der Waals surface area contributed by atoms with Crippen LogP contribution in [0.2, 0.25) is 0 Å². The van der Waals surface area contributed by atoms with E-state index in [-0.39, 0.29) is 12.2 Å². The van der Waals surface area contributed by atoms with Crippen LogP contribution in [0.5, 0.6) is 0 Å². The monoisotopic (exact) mass is 500 g/mol. The molecule has 10 nitrogen and oxygen atoms in total. The van der Waals surface area contributed by atoms with Crippen LogP contribution in [-0.2, 0) is 14.9 Å². The van der Waals surface area contributed by atoms with Crippen LogP contribution in [0, 0.1) is 5.82 Å². The number of amides is 1. The molecule has 1 amide bonds. The lowest BCUT2D eigenvalue weighted by Gasteiger charge is -2.17. The Morgan fingerprint density at radius 3 is 2.57 bits per heavy atom. The summed E-state index contributed by atoms with van der Waals surface area (Å²) in [6.45, 7) is 1.99. The van der Waals surface area contributed by atoms with Gasteiger partial charge in [-0.15, -0.1) is 0 Å². The van der Waals surface area contributed by atoms with Gasteiger partial charge in [0.25, 0.3) is 5.91 Å². The van der Waals surface area contributed by atoms with Crippen molar-refractivity contribution in [3.63, 3.8) is 0 Å². The minimum atomic E-state index is -3.56. The summed E-state index contributed by atoms with van der Waals surface area (Å²) < 4.78 is 40.1. The Morgan fingerprint density at radius 1 is 1.09 bits per heavy atom. The molecule has 35 heavy (non-hydrogen) atoms. The number of rotatable bonds is 10. The molecule has 1 aliphatic carbocycles. The van der Waals surface area contributed by atoms with Crippen molar-refractivity contribution in [2.45, 2.75) is 25.7 Å². The summed E-state index contributed by atoms with van der Waals surface area (Å²) in [5, 5.41) is 6.07. The summed E-state index contributed by atoms with van der Waals surface area (Å²) in [5.41, 5.74) is 4.99. The number of anilines is 5. The summed E-state index contributed by atoms with van der Waals surface area (Å²) >= 11 is 0. The summed E-state index contributed by atoms with van der Waals surface area (Å²) in [6.07, 6.45) is 7.02. The molecule has 4 N–H and O–H groups in total. The van der Waals surface area contributed by atoms with E-state index >= 15 is 0 Å². The Labute approximate surface area is 202 Å². The van der Waals surface area contributed by atoms with Crippen molar-refractivity contribution in [3.8, 4) is 0 Å². The first-order chi connectivity index (χ1) is 16.7. The first-order valence-electron chi connectivity index (χ1n) is 10.9. The molecule has 12 heteroatoms. The Morgan fingerprint density at radius 2 is 1.89 bits per heavy atom. The second kappa shape index (κ2) is 10.2. The molecule has 3 aromatic rings. The van der Waals surface area contributed by atoms with E-state index in [2.05, 4.69) is 30.8 Å². The number of nitrogens with zero attached hydrogens (tertiary/aromatic N) is 2. The van der Waals surface area contributed by atoms with Crippen LogP contribution in [0.1, 0.15) is 41.6 Å². The zero-order valence-corrected chi connectivity index (χ0v) is 19.9. The van der Waals surface area contributed by atoms with Gasteiger partial charge in [-0.3, -0.25) is 19.3 Å². The number of hydrogen-bond acceptors (Lipinski definition) is 8. The topological polar surface area (TPSA) is 134 Å². The number of pyridine rings is 2. The fraction of sp³-hybridized carbons (Fsp3) is 0.261. The average Bonchev–Trinajstić information content (AvgIpc) is 3.63. The van der Waals surface area contributed by atoms with E-state index in [4.69, 9.17) is 4.84 Å². The van der Waals surface area contributed by atoms with Gasteiger partial charge in [0.1, 0.15) is 11.6 Å². The quantitative estimate of drug-likeness (QED) is 0.307. The molecular weight excluding hydrogens is 475 g/mol. The zero-order chi connectivity index (χ0) is 25.0. The number of hydrogen-bond donors (Lipinski definition) is 4. The van der Waals surface area contributed by atoms with Crippen LogP contribution < -0.4 is 20.8 Å². The number of carbonyl (C=O) groups is 1. The molecule has 1 aliphatic rings. The second-order valence-electron chi connectivity index (χ2n) is 8.07. The number of sulfonamides is 1. The van der Waals surface area contributed by atoms with E-state index in [0.29, 0.717) is 34.5 Å². The SMILES string of the molecule is CCONC(=O)c1cnc(Nc2cncc(F)c2)cc1Nc1ccc(C2CC2)cc1NS(C)(=O)=O. The van der Waals surface area contributed by atoms with E-state index in [1.807, 2.05) is 6.07 Å². The van der Waals surface area contributed by atoms with E-state index in [1.54, 1.807) is 25.1 Å². The fourth-order valence-corrected chi connectivity index (χ4v) is 3.97. The van der Waals surface area contributed by atoms with Crippen LogP contribution in [0.15, 0.2) is 48.9 Å². The third-order valence-electron chi connectivity index (χ3n) is 5.09. The molecule has 1 saturated carbocycles. The van der Waals surface area contributed by atoms with Crippen molar-refractivity contribution in [1.82, 2.24) is 15.4 Å². The maximum atomic E-state index is 13.5. The normalized spacial score (nSPS) is 13.2. The number of aromatic nitrogens is 2. The van der Waals surface area contributed by atoms with Gasteiger partial charge in [-0.2, -0.15) is 0 Å². The van der Waals surface area contributed by atoms with Gasteiger partial charge in [0.05, 0.1) is 53.6 Å². The van der Waals surface area contributed by atoms with Gasteiger partial charge in [0, 0.05) is 18.3 Å². The van der Waals surface area contributed by atoms with Gasteiger partial charge in [-0.25, -0.2) is 23.3 Å². The van der Waals surface area contributed by atoms with Crippen molar-refractivity contribution in [2.24, 2.45) is 0 Å². The predicted octanol–water partition coefficient (Wildman–Crippen LogP) is 4.03. The Balaban J connectivity index is 1.71. The Kier molecular flexibility index (Phi) is 7.12. The highest BCUT2D eigenvalue weighted by Crippen LogP contribution is 2.42. The number of carbonyl (C=O) groups excluding carboxylic acids is 1. The van der Waals surface area contributed by atoms with E-state index in [1.165, 1.54) is 18.5 Å². The minimum Gasteiger partial charge on any atom is -0.353 e. The van der Waals surface area contributed by atoms with Gasteiger partial charge in [0.15, 0.2) is 0 Å². The molecule has 0 spiro atoms. The minimum absolute atomic E-state index is 0.151. The lowest BCUT2D eigenvalue weighted by molar-refractivity contribution is 0.0365. The fourth-order valence-electron chi connectivity index (χ4n) is 3.40. The number of nitrogens with one attached hydrogen (secondary N) is 4. The molecule has 2 aromatic heterocycles. The maximum absolute atomic E-state index is 13.5. The van der Waals surface area contributed by atoms with Crippen LogP contribution in [0.4, 0.5) is 33.0 Å². The smallest absolute Gasteiger partial charge is 0.278 e. The molecule has 0 aliphatic heterocycles. The van der Waals surface area contributed by atoms with Gasteiger partial charge in [0.2, 0.25) is 10.0 Å². The molecule has 184 valence electrons. The van der Waals surface area contributed by atoms with Gasteiger partial charge < -0.3 is 10.6 Å². The van der Waals surface area contributed by atoms with Crippen molar-refractivity contribution in [3.05, 3.63) is 65.9 Å². The zero-order valence-electron chi connectivity index (χ0n) is 19.1. The summed E-state index contributed by atoms with van der Waals surface area (Å²) in [5.74, 6) is -0.352. The molecule has 1 aromatic carbocycles. The third-order valence-corrected chi connectivity index (χ3v) is 5.68. The van der Waals surface area contributed by atoms with Crippen LogP contribution >= 0.6 is 0 Å². The molecule has 0 atom stereocenters. The van der Waals surface area contributed by atoms with Crippen molar-refractivity contribution in [1.29, 1.82) is 0 Å². The van der Waals surface area contributed by atoms with Crippen molar-refractivity contribution in [2.75, 3.05) is 28.2 Å². The molecule has 2 heterocycles. The first-order valence-corrected chi connectivity index (χ1v) is 12.8. The van der Waals surface area contributed by atoms with Gasteiger partial charge in [-0.05, 0) is 43.4 Å². The van der Waals surface area contributed by atoms with E-state index in [0.717, 1.165) is 30.9 Å². The van der Waals surface area contributed by atoms with Crippen LogP contribution in [-0.4, -0.2) is 37.2 Å². The Hall–Kier alpha value is -3.77. The number of hydroxylamine groups is 1. The lowest BCUT2D eigenvalue weighted by atomic mass is 10.1. The number of benzene rings is 1. The predicted molar refractivity (Wildman–Crippen MR) is 131 cm³/mol. The lowest BCUT2D eigenvalue weighted by Crippen LogP contribution is -2.24. The van der Waals surface area contributed by atoms with E-state index in [9.17, 15) is 17.6 Å². The summed E-state index contributed by atoms with van der Waals surface area (Å²) in [6, 6.07) is 8.27. The molecule has 0 unspecified atom stereocenters. The molecule has 0 saturated heterocycles.